The Hall–Kier alpha value is -1.64. The van der Waals surface area contributed by atoms with Crippen LogP contribution in [0, 0.1) is 5.41 Å². The first kappa shape index (κ1) is 14.4. The van der Waals surface area contributed by atoms with Crippen molar-refractivity contribution in [3.63, 3.8) is 0 Å². The Bertz CT molecular complexity index is 306. The Kier molecular flexibility index (Phi) is 6.84. The summed E-state index contributed by atoms with van der Waals surface area (Å²) in [5.74, 6) is 0.0372. The molecule has 3 N–H and O–H groups in total. The second kappa shape index (κ2) is 7.63. The van der Waals surface area contributed by atoms with Crippen molar-refractivity contribution in [3.05, 3.63) is 35.4 Å². The van der Waals surface area contributed by atoms with E-state index in [4.69, 9.17) is 11.1 Å². The molecule has 3 nitrogen and oxygen atoms in total. The van der Waals surface area contributed by atoms with Crippen LogP contribution in [0.1, 0.15) is 49.5 Å². The zero-order valence-electron chi connectivity index (χ0n) is 10.2. The predicted molar refractivity (Wildman–Crippen MR) is 68.0 cm³/mol. The number of carbonyl (C=O) groups excluding carboxylic acids is 1. The lowest BCUT2D eigenvalue weighted by Crippen LogP contribution is -2.10. The minimum Gasteiger partial charge on any atom is -0.384 e. The third-order valence-electron chi connectivity index (χ3n) is 2.10. The number of amidine groups is 1. The molecule has 0 saturated carbocycles. The van der Waals surface area contributed by atoms with E-state index in [2.05, 4.69) is 13.8 Å². The van der Waals surface area contributed by atoms with Gasteiger partial charge in [-0.2, -0.15) is 0 Å². The lowest BCUT2D eigenvalue weighted by Gasteiger charge is -1.98. The van der Waals surface area contributed by atoms with Crippen molar-refractivity contribution in [1.82, 2.24) is 0 Å². The van der Waals surface area contributed by atoms with Crippen LogP contribution in [0.3, 0.4) is 0 Å². The molecule has 0 radical (unpaired) electrons. The molecule has 16 heavy (non-hydrogen) atoms. The van der Waals surface area contributed by atoms with Crippen molar-refractivity contribution in [2.75, 3.05) is 0 Å². The Morgan fingerprint density at radius 2 is 1.50 bits per heavy atom. The summed E-state index contributed by atoms with van der Waals surface area (Å²) >= 11 is 0. The highest BCUT2D eigenvalue weighted by molar-refractivity contribution is 5.98. The molecule has 0 fully saturated rings. The molecule has 0 heterocycles. The van der Waals surface area contributed by atoms with Gasteiger partial charge in [0.25, 0.3) is 0 Å². The maximum absolute atomic E-state index is 10.8. The lowest BCUT2D eigenvalue weighted by molar-refractivity contribution is 0.101. The zero-order valence-corrected chi connectivity index (χ0v) is 10.2. The van der Waals surface area contributed by atoms with Gasteiger partial charge in [0.2, 0.25) is 0 Å². The van der Waals surface area contributed by atoms with Crippen LogP contribution in [-0.4, -0.2) is 11.6 Å². The molecule has 3 heteroatoms. The first-order valence-electron chi connectivity index (χ1n) is 5.48. The normalized spacial score (nSPS) is 8.94. The van der Waals surface area contributed by atoms with E-state index in [1.165, 1.54) is 19.8 Å². The maximum atomic E-state index is 10.8. The van der Waals surface area contributed by atoms with Crippen molar-refractivity contribution >= 4 is 11.6 Å². The van der Waals surface area contributed by atoms with Gasteiger partial charge in [-0.15, -0.1) is 0 Å². The molecule has 0 amide bonds. The molecule has 0 aliphatic rings. The highest BCUT2D eigenvalue weighted by atomic mass is 16.1. The summed E-state index contributed by atoms with van der Waals surface area (Å²) in [6.45, 7) is 5.86. The molecule has 0 bridgehead atoms. The standard InChI is InChI=1S/C9H10N2O.C4H10/c1-6(12)7-2-4-8(5-3-7)9(10)11;1-3-4-2/h2-5H,1H3,(H3,10,11);3-4H2,1-2H3. The number of nitrogen functional groups attached to an aromatic ring is 1. The van der Waals surface area contributed by atoms with Crippen LogP contribution in [-0.2, 0) is 0 Å². The average molecular weight is 220 g/mol. The lowest BCUT2D eigenvalue weighted by atomic mass is 10.1. The molecule has 0 aliphatic heterocycles. The number of ketones is 1. The van der Waals surface area contributed by atoms with Gasteiger partial charge in [0, 0.05) is 11.1 Å². The fourth-order valence-electron chi connectivity index (χ4n) is 0.884. The van der Waals surface area contributed by atoms with E-state index in [-0.39, 0.29) is 11.6 Å². The molecule has 1 aromatic rings. The third kappa shape index (κ3) is 5.29. The molecule has 0 aromatic heterocycles. The molecular formula is C13H20N2O. The summed E-state index contributed by atoms with van der Waals surface area (Å²) in [6, 6.07) is 6.66. The minimum absolute atomic E-state index is 0.0186. The van der Waals surface area contributed by atoms with Crippen LogP contribution >= 0.6 is 0 Å². The summed E-state index contributed by atoms with van der Waals surface area (Å²) in [7, 11) is 0. The molecular weight excluding hydrogens is 200 g/mol. The van der Waals surface area contributed by atoms with Crippen molar-refractivity contribution < 1.29 is 4.79 Å². The van der Waals surface area contributed by atoms with E-state index in [1.807, 2.05) is 0 Å². The number of hydrogen-bond donors (Lipinski definition) is 2. The van der Waals surface area contributed by atoms with Gasteiger partial charge in [-0.1, -0.05) is 51.0 Å². The molecule has 0 unspecified atom stereocenters. The van der Waals surface area contributed by atoms with Crippen molar-refractivity contribution in [2.24, 2.45) is 5.73 Å². The van der Waals surface area contributed by atoms with Gasteiger partial charge >= 0.3 is 0 Å². The van der Waals surface area contributed by atoms with Crippen molar-refractivity contribution in [1.29, 1.82) is 5.41 Å². The Morgan fingerprint density at radius 1 is 1.12 bits per heavy atom. The molecule has 0 saturated heterocycles. The number of Topliss-reactive ketones (excluding diaryl/α,β-unsaturated/α-hetero) is 1. The summed E-state index contributed by atoms with van der Waals surface area (Å²) in [5.41, 5.74) is 6.52. The van der Waals surface area contributed by atoms with Gasteiger partial charge in [0.05, 0.1) is 0 Å². The number of rotatable bonds is 3. The predicted octanol–water partition coefficient (Wildman–Crippen LogP) is 2.98. The fraction of sp³-hybridized carbons (Fsp3) is 0.385. The van der Waals surface area contributed by atoms with Gasteiger partial charge in [0.1, 0.15) is 5.84 Å². The van der Waals surface area contributed by atoms with Gasteiger partial charge in [-0.05, 0) is 6.92 Å². The number of carbonyl (C=O) groups is 1. The quantitative estimate of drug-likeness (QED) is 0.467. The minimum atomic E-state index is 0.0186. The van der Waals surface area contributed by atoms with E-state index in [9.17, 15) is 4.79 Å². The van der Waals surface area contributed by atoms with Crippen LogP contribution in [0.15, 0.2) is 24.3 Å². The number of benzene rings is 1. The Morgan fingerprint density at radius 3 is 1.75 bits per heavy atom. The first-order valence-corrected chi connectivity index (χ1v) is 5.48. The highest BCUT2D eigenvalue weighted by Gasteiger charge is 1.99. The number of hydrogen-bond acceptors (Lipinski definition) is 2. The van der Waals surface area contributed by atoms with Crippen LogP contribution < -0.4 is 5.73 Å². The second-order valence-electron chi connectivity index (χ2n) is 3.55. The Balaban J connectivity index is 0.000000487. The first-order chi connectivity index (χ1) is 7.52. The van der Waals surface area contributed by atoms with Gasteiger partial charge in [-0.3, -0.25) is 10.2 Å². The van der Waals surface area contributed by atoms with Gasteiger partial charge in [-0.25, -0.2) is 0 Å². The summed E-state index contributed by atoms with van der Waals surface area (Å²) < 4.78 is 0. The largest absolute Gasteiger partial charge is 0.384 e. The maximum Gasteiger partial charge on any atom is 0.159 e. The van der Waals surface area contributed by atoms with Crippen molar-refractivity contribution in [3.8, 4) is 0 Å². The van der Waals surface area contributed by atoms with Crippen LogP contribution in [0.4, 0.5) is 0 Å². The monoisotopic (exact) mass is 220 g/mol. The smallest absolute Gasteiger partial charge is 0.159 e. The molecule has 1 rings (SSSR count). The molecule has 1 aromatic carbocycles. The summed E-state index contributed by atoms with van der Waals surface area (Å²) in [4.78, 5) is 10.8. The molecule has 88 valence electrons. The van der Waals surface area contributed by atoms with Crippen LogP contribution in [0.2, 0.25) is 0 Å². The molecule has 0 atom stereocenters. The fourth-order valence-corrected chi connectivity index (χ4v) is 0.884. The second-order valence-corrected chi connectivity index (χ2v) is 3.55. The third-order valence-corrected chi connectivity index (χ3v) is 2.10. The molecule has 0 spiro atoms. The Labute approximate surface area is 97.2 Å². The van der Waals surface area contributed by atoms with E-state index >= 15 is 0 Å². The van der Waals surface area contributed by atoms with E-state index in [0.29, 0.717) is 11.1 Å². The van der Waals surface area contributed by atoms with Gasteiger partial charge in [0.15, 0.2) is 5.78 Å². The van der Waals surface area contributed by atoms with E-state index in [1.54, 1.807) is 24.3 Å². The SMILES string of the molecule is CC(=O)c1ccc(C(=N)N)cc1.CCCC. The highest BCUT2D eigenvalue weighted by Crippen LogP contribution is 2.03. The van der Waals surface area contributed by atoms with Gasteiger partial charge < -0.3 is 5.73 Å². The van der Waals surface area contributed by atoms with E-state index in [0.717, 1.165) is 0 Å². The number of nitrogens with one attached hydrogen (secondary N) is 1. The van der Waals surface area contributed by atoms with Crippen LogP contribution in [0.25, 0.3) is 0 Å². The molecule has 0 aliphatic carbocycles. The van der Waals surface area contributed by atoms with Crippen molar-refractivity contribution in [2.45, 2.75) is 33.6 Å². The average Bonchev–Trinajstić information content (AvgIpc) is 2.29. The van der Waals surface area contributed by atoms with E-state index < -0.39 is 0 Å². The number of unbranched alkanes of at least 4 members (excludes halogenated alkanes) is 1. The topological polar surface area (TPSA) is 66.9 Å². The summed E-state index contributed by atoms with van der Waals surface area (Å²) in [5, 5.41) is 7.11. The summed E-state index contributed by atoms with van der Waals surface area (Å²) in [6.07, 6.45) is 2.64. The zero-order chi connectivity index (χ0) is 12.6. The van der Waals surface area contributed by atoms with Crippen LogP contribution in [0.5, 0.6) is 0 Å². The number of nitrogens with two attached hydrogens (primary N) is 1.